The summed E-state index contributed by atoms with van der Waals surface area (Å²) in [7, 11) is 0. The van der Waals surface area contributed by atoms with Crippen molar-refractivity contribution in [3.8, 4) is 0 Å². The third-order valence-electron chi connectivity index (χ3n) is 1.05. The van der Waals surface area contributed by atoms with Gasteiger partial charge in [-0.2, -0.15) is 0 Å². The first-order valence-electron chi connectivity index (χ1n) is 3.59. The summed E-state index contributed by atoms with van der Waals surface area (Å²) < 4.78 is 14.3. The van der Waals surface area contributed by atoms with Crippen molar-refractivity contribution in [3.05, 3.63) is 0 Å². The van der Waals surface area contributed by atoms with Crippen molar-refractivity contribution in [2.75, 3.05) is 6.54 Å². The van der Waals surface area contributed by atoms with Gasteiger partial charge in [0.1, 0.15) is 6.04 Å². The first-order valence-corrected chi connectivity index (χ1v) is 2.43. The molecule has 2 N–H and O–H groups in total. The molecule has 0 aromatic heterocycles. The topological polar surface area (TPSA) is 49.3 Å². The summed E-state index contributed by atoms with van der Waals surface area (Å²) >= 11 is 0. The summed E-state index contributed by atoms with van der Waals surface area (Å²) in [5, 5.41) is 11.0. The lowest BCUT2D eigenvalue weighted by Gasteiger charge is -1.99. The fraction of sp³-hybridized carbons (Fsp3) is 0.800. The molecular weight excluding hydrogens is 106 g/mol. The summed E-state index contributed by atoms with van der Waals surface area (Å²) in [6.45, 7) is 0.311. The van der Waals surface area contributed by atoms with E-state index in [0.717, 1.165) is 0 Å². The molecule has 0 amide bonds. The number of hydrogen-bond acceptors (Lipinski definition) is 2. The Labute approximate surface area is 50.5 Å². The van der Waals surface area contributed by atoms with Crippen LogP contribution in [0.15, 0.2) is 0 Å². The Hall–Kier alpha value is -0.570. The number of carboxylic acid groups (broad SMARTS) is 1. The van der Waals surface area contributed by atoms with Crippen molar-refractivity contribution in [1.29, 1.82) is 0 Å². The molecule has 0 bridgehead atoms. The second kappa shape index (κ2) is 2.13. The summed E-state index contributed by atoms with van der Waals surface area (Å²) in [4.78, 5) is 10.3. The van der Waals surface area contributed by atoms with Crippen LogP contribution in [0.4, 0.5) is 0 Å². The molecule has 1 aliphatic rings. The van der Waals surface area contributed by atoms with Gasteiger partial charge >= 0.3 is 5.97 Å². The van der Waals surface area contributed by atoms with Crippen LogP contribution < -0.4 is 5.32 Å². The van der Waals surface area contributed by atoms with E-state index in [1.807, 2.05) is 0 Å². The van der Waals surface area contributed by atoms with E-state index in [9.17, 15) is 4.79 Å². The van der Waals surface area contributed by atoms with Crippen LogP contribution in [0, 0.1) is 0 Å². The van der Waals surface area contributed by atoms with Gasteiger partial charge in [-0.3, -0.25) is 4.79 Å². The van der Waals surface area contributed by atoms with Crippen LogP contribution in [-0.4, -0.2) is 23.7 Å². The van der Waals surface area contributed by atoms with Gasteiger partial charge in [-0.25, -0.2) is 0 Å². The molecule has 1 aliphatic heterocycles. The molecule has 1 fully saturated rings. The molecule has 0 aromatic carbocycles. The fourth-order valence-electron chi connectivity index (χ4n) is 0.637. The third kappa shape index (κ3) is 0.980. The van der Waals surface area contributed by atoms with Gasteiger partial charge in [0.25, 0.3) is 0 Å². The number of nitrogens with one attached hydrogen (secondary N) is 1. The predicted octanol–water partition coefficient (Wildman–Crippen LogP) is -0.177. The van der Waals surface area contributed by atoms with Crippen molar-refractivity contribution in [2.45, 2.75) is 18.8 Å². The van der Waals surface area contributed by atoms with Crippen molar-refractivity contribution in [2.24, 2.45) is 0 Å². The maximum atomic E-state index is 10.3. The average molecular weight is 119 g/mol. The predicted molar refractivity (Wildman–Crippen MR) is 28.7 cm³/mol. The Morgan fingerprint density at radius 1 is 2.00 bits per heavy atom. The van der Waals surface area contributed by atoms with E-state index in [-0.39, 0.29) is 0 Å². The van der Waals surface area contributed by atoms with E-state index in [0.29, 0.717) is 6.54 Å². The van der Waals surface area contributed by atoms with Gasteiger partial charge in [0.2, 0.25) is 0 Å². The second-order valence-electron chi connectivity index (χ2n) is 1.65. The van der Waals surface area contributed by atoms with Crippen molar-refractivity contribution in [3.63, 3.8) is 0 Å². The van der Waals surface area contributed by atoms with Gasteiger partial charge in [0, 0.05) is 2.74 Å². The summed E-state index contributed by atoms with van der Waals surface area (Å²) in [6.07, 6.45) is -1.42. The van der Waals surface area contributed by atoms with Gasteiger partial charge in [-0.05, 0) is 19.3 Å². The van der Waals surface area contributed by atoms with E-state index >= 15 is 0 Å². The molecule has 1 rings (SSSR count). The number of hydrogen-bond donors (Lipinski definition) is 2. The van der Waals surface area contributed by atoms with Crippen LogP contribution in [0.1, 0.15) is 15.5 Å². The van der Waals surface area contributed by atoms with E-state index in [1.165, 1.54) is 0 Å². The van der Waals surface area contributed by atoms with Crippen molar-refractivity contribution < 1.29 is 12.6 Å². The van der Waals surface area contributed by atoms with Crippen LogP contribution in [0.5, 0.6) is 0 Å². The first kappa shape index (κ1) is 3.45. The number of rotatable bonds is 1. The lowest BCUT2D eigenvalue weighted by atomic mass is 10.2. The first-order chi connectivity index (χ1) is 4.63. The van der Waals surface area contributed by atoms with E-state index in [2.05, 4.69) is 5.32 Å². The molecule has 3 atom stereocenters. The number of aliphatic carboxylic acids is 1. The Morgan fingerprint density at radius 2 is 2.75 bits per heavy atom. The highest BCUT2D eigenvalue weighted by Crippen LogP contribution is 2.03. The summed E-state index contributed by atoms with van der Waals surface area (Å²) in [5.41, 5.74) is 0. The van der Waals surface area contributed by atoms with Crippen LogP contribution in [0.25, 0.3) is 0 Å². The second-order valence-corrected chi connectivity index (χ2v) is 1.65. The fourth-order valence-corrected chi connectivity index (χ4v) is 0.637. The molecule has 0 radical (unpaired) electrons. The lowest BCUT2D eigenvalue weighted by Crippen LogP contribution is -2.29. The Morgan fingerprint density at radius 3 is 3.00 bits per heavy atom. The monoisotopic (exact) mass is 119 g/mol. The zero-order chi connectivity index (χ0) is 7.72. The van der Waals surface area contributed by atoms with Gasteiger partial charge in [-0.15, -0.1) is 0 Å². The molecule has 0 aromatic rings. The van der Waals surface area contributed by atoms with Crippen LogP contribution in [-0.2, 0) is 4.79 Å². The van der Waals surface area contributed by atoms with Gasteiger partial charge in [0.05, 0.1) is 0 Å². The molecule has 1 heterocycles. The Kier molecular flexibility index (Phi) is 0.921. The molecule has 46 valence electrons. The average Bonchev–Trinajstić information content (AvgIpc) is 2.14. The number of carbonyl (C=O) groups is 1. The molecule has 8 heavy (non-hydrogen) atoms. The Bertz CT molecular complexity index is 153. The Balaban J connectivity index is 2.57. The highest BCUT2D eigenvalue weighted by Gasteiger charge is 2.20. The van der Waals surface area contributed by atoms with Crippen molar-refractivity contribution >= 4 is 5.97 Å². The van der Waals surface area contributed by atoms with Crippen LogP contribution in [0.2, 0.25) is 0 Å². The molecule has 1 saturated heterocycles. The maximum absolute atomic E-state index is 10.3. The van der Waals surface area contributed by atoms with E-state index in [1.54, 1.807) is 0 Å². The molecule has 3 heteroatoms. The lowest BCUT2D eigenvalue weighted by molar-refractivity contribution is -0.139. The van der Waals surface area contributed by atoms with E-state index < -0.39 is 24.8 Å². The molecule has 3 unspecified atom stereocenters. The van der Waals surface area contributed by atoms with Crippen LogP contribution >= 0.6 is 0 Å². The number of carboxylic acids is 1. The standard InChI is InChI=1S/C5H9NO2/c7-5(8)4-2-1-3-6-4/h4,6H,1-3H2,(H,7,8)/i1T,2T. The summed E-state index contributed by atoms with van der Waals surface area (Å²) in [6, 6.07) is -0.845. The van der Waals surface area contributed by atoms with Gasteiger partial charge in [0.15, 0.2) is 0 Å². The molecular formula is C5H9NO2. The minimum Gasteiger partial charge on any atom is -0.480 e. The highest BCUT2D eigenvalue weighted by molar-refractivity contribution is 5.73. The summed E-state index contributed by atoms with van der Waals surface area (Å²) in [5.74, 6) is -1.03. The van der Waals surface area contributed by atoms with Gasteiger partial charge < -0.3 is 10.4 Å². The van der Waals surface area contributed by atoms with Gasteiger partial charge in [-0.1, -0.05) is 0 Å². The zero-order valence-corrected chi connectivity index (χ0v) is 4.29. The van der Waals surface area contributed by atoms with Crippen molar-refractivity contribution in [1.82, 2.24) is 5.32 Å². The maximum Gasteiger partial charge on any atom is 0.320 e. The largest absolute Gasteiger partial charge is 0.480 e. The molecule has 3 nitrogen and oxygen atoms in total. The normalized spacial score (nSPS) is 50.2. The SMILES string of the molecule is [3H]C1CNC(C(=O)O)C1[3H]. The highest BCUT2D eigenvalue weighted by atomic mass is 16.4. The minimum atomic E-state index is -1.03. The quantitative estimate of drug-likeness (QED) is 0.503. The zero-order valence-electron chi connectivity index (χ0n) is 6.29. The third-order valence-corrected chi connectivity index (χ3v) is 1.05. The smallest absolute Gasteiger partial charge is 0.320 e. The molecule has 0 aliphatic carbocycles. The minimum absolute atomic E-state index is 0.311. The van der Waals surface area contributed by atoms with E-state index in [4.69, 9.17) is 7.85 Å². The molecule has 0 spiro atoms. The molecule has 0 saturated carbocycles. The van der Waals surface area contributed by atoms with Crippen LogP contribution in [0.3, 0.4) is 0 Å².